The maximum absolute atomic E-state index is 11.4. The summed E-state index contributed by atoms with van der Waals surface area (Å²) in [5, 5.41) is 15.6. The molecule has 34 heavy (non-hydrogen) atoms. The van der Waals surface area contributed by atoms with Crippen molar-refractivity contribution in [3.05, 3.63) is 52.7 Å². The summed E-state index contributed by atoms with van der Waals surface area (Å²) >= 11 is 7.97. The molecule has 1 aromatic carbocycles. The van der Waals surface area contributed by atoms with E-state index in [1.54, 1.807) is 11.3 Å². The van der Waals surface area contributed by atoms with Gasteiger partial charge >= 0.3 is 5.97 Å². The van der Waals surface area contributed by atoms with Gasteiger partial charge in [0, 0.05) is 11.1 Å². The summed E-state index contributed by atoms with van der Waals surface area (Å²) in [5.74, 6) is -0.241. The van der Waals surface area contributed by atoms with Gasteiger partial charge in [-0.25, -0.2) is 4.79 Å². The average Bonchev–Trinajstić information content (AvgIpc) is 3.70. The highest BCUT2D eigenvalue weighted by molar-refractivity contribution is 7.17. The van der Waals surface area contributed by atoms with E-state index in [0.29, 0.717) is 17.3 Å². The molecule has 180 valence electrons. The first-order chi connectivity index (χ1) is 16.3. The standard InChI is InChI=1S/C25H27ClN2O5S/c1-25(2,24(29)30)31-14-16-11-20(28(27-16)13-15-5-3-4-6-19(15)26)22-12-21(32-17-7-8-17)23(34-22)33-18-9-10-18/h3-6,11-12,17-18H,7-10,13-14H2,1-2H3,(H,29,30). The van der Waals surface area contributed by atoms with E-state index in [0.717, 1.165) is 52.6 Å². The number of hydrogen-bond acceptors (Lipinski definition) is 6. The number of hydrogen-bond donors (Lipinski definition) is 1. The van der Waals surface area contributed by atoms with Crippen molar-refractivity contribution in [3.63, 3.8) is 0 Å². The van der Waals surface area contributed by atoms with Crippen LogP contribution in [0.25, 0.3) is 10.6 Å². The molecule has 7 nitrogen and oxygen atoms in total. The fraction of sp³-hybridized carbons (Fsp3) is 0.440. The van der Waals surface area contributed by atoms with Crippen LogP contribution in [0.4, 0.5) is 0 Å². The van der Waals surface area contributed by atoms with Crippen molar-refractivity contribution in [1.29, 1.82) is 0 Å². The lowest BCUT2D eigenvalue weighted by Gasteiger charge is -2.19. The fourth-order valence-electron chi connectivity index (χ4n) is 3.31. The molecule has 2 saturated carbocycles. The minimum atomic E-state index is -1.31. The van der Waals surface area contributed by atoms with Gasteiger partial charge in [0.05, 0.1) is 35.5 Å². The van der Waals surface area contributed by atoms with E-state index >= 15 is 0 Å². The van der Waals surface area contributed by atoms with Gasteiger partial charge in [-0.05, 0) is 57.2 Å². The molecule has 0 saturated heterocycles. The molecule has 0 amide bonds. The number of thiophene rings is 1. The van der Waals surface area contributed by atoms with Crippen LogP contribution in [0.5, 0.6) is 10.8 Å². The topological polar surface area (TPSA) is 82.8 Å². The summed E-state index contributed by atoms with van der Waals surface area (Å²) in [5.41, 5.74) is 1.14. The first kappa shape index (κ1) is 23.2. The second-order valence-electron chi connectivity index (χ2n) is 9.27. The van der Waals surface area contributed by atoms with E-state index < -0.39 is 11.6 Å². The van der Waals surface area contributed by atoms with Crippen molar-refractivity contribution in [2.45, 2.75) is 70.5 Å². The van der Waals surface area contributed by atoms with Crippen LogP contribution in [0, 0.1) is 0 Å². The van der Waals surface area contributed by atoms with Gasteiger partial charge in [0.25, 0.3) is 0 Å². The maximum Gasteiger partial charge on any atom is 0.335 e. The minimum Gasteiger partial charge on any atom is -0.486 e. The monoisotopic (exact) mass is 502 g/mol. The zero-order chi connectivity index (χ0) is 23.9. The highest BCUT2D eigenvalue weighted by atomic mass is 35.5. The third-order valence-corrected chi connectivity index (χ3v) is 7.14. The number of aliphatic carboxylic acids is 1. The SMILES string of the molecule is CC(C)(OCc1cc(-c2cc(OC3CC3)c(OC3CC3)s2)n(Cc2ccccc2Cl)n1)C(=O)O. The van der Waals surface area contributed by atoms with Gasteiger partial charge in [-0.3, -0.25) is 4.68 Å². The number of ether oxygens (including phenoxy) is 3. The molecule has 9 heteroatoms. The third-order valence-electron chi connectivity index (χ3n) is 5.74. The van der Waals surface area contributed by atoms with Gasteiger partial charge in [0.1, 0.15) is 6.10 Å². The van der Waals surface area contributed by atoms with Gasteiger partial charge in [0.15, 0.2) is 11.4 Å². The van der Waals surface area contributed by atoms with Crippen LogP contribution in [0.2, 0.25) is 5.02 Å². The summed E-state index contributed by atoms with van der Waals surface area (Å²) in [6.45, 7) is 3.59. The van der Waals surface area contributed by atoms with E-state index in [4.69, 9.17) is 30.9 Å². The highest BCUT2D eigenvalue weighted by Crippen LogP contribution is 2.47. The number of carboxylic acids is 1. The Morgan fingerprint density at radius 2 is 1.88 bits per heavy atom. The number of aromatic nitrogens is 2. The van der Waals surface area contributed by atoms with Gasteiger partial charge in [-0.15, -0.1) is 0 Å². The molecule has 0 radical (unpaired) electrons. The van der Waals surface area contributed by atoms with Crippen molar-refractivity contribution >= 4 is 28.9 Å². The Kier molecular flexibility index (Phi) is 6.31. The molecule has 0 aliphatic heterocycles. The van der Waals surface area contributed by atoms with Crippen LogP contribution in [-0.2, 0) is 22.7 Å². The largest absolute Gasteiger partial charge is 0.486 e. The van der Waals surface area contributed by atoms with Crippen molar-refractivity contribution in [1.82, 2.24) is 9.78 Å². The van der Waals surface area contributed by atoms with E-state index in [1.165, 1.54) is 13.8 Å². The second-order valence-corrected chi connectivity index (χ2v) is 10.7. The molecule has 2 fully saturated rings. The van der Waals surface area contributed by atoms with Crippen LogP contribution in [0.1, 0.15) is 50.8 Å². The maximum atomic E-state index is 11.4. The van der Waals surface area contributed by atoms with Gasteiger partial charge in [0.2, 0.25) is 5.06 Å². The molecular weight excluding hydrogens is 476 g/mol. The second kappa shape index (κ2) is 9.24. The van der Waals surface area contributed by atoms with Crippen molar-refractivity contribution in [2.24, 2.45) is 0 Å². The molecular formula is C25H27ClN2O5S. The number of carboxylic acid groups (broad SMARTS) is 1. The molecule has 2 aliphatic carbocycles. The summed E-state index contributed by atoms with van der Waals surface area (Å²) < 4.78 is 19.8. The van der Waals surface area contributed by atoms with Crippen molar-refractivity contribution < 1.29 is 24.1 Å². The Hall–Kier alpha value is -2.55. The Morgan fingerprint density at radius 3 is 2.56 bits per heavy atom. The van der Waals surface area contributed by atoms with Gasteiger partial charge in [-0.1, -0.05) is 41.1 Å². The quantitative estimate of drug-likeness (QED) is 0.358. The van der Waals surface area contributed by atoms with Crippen molar-refractivity contribution in [3.8, 4) is 21.4 Å². The van der Waals surface area contributed by atoms with E-state index in [2.05, 4.69) is 0 Å². The van der Waals surface area contributed by atoms with Crippen molar-refractivity contribution in [2.75, 3.05) is 0 Å². The molecule has 2 aromatic heterocycles. The van der Waals surface area contributed by atoms with Crippen LogP contribution >= 0.6 is 22.9 Å². The predicted octanol–water partition coefficient (Wildman–Crippen LogP) is 5.78. The Morgan fingerprint density at radius 1 is 1.18 bits per heavy atom. The molecule has 0 unspecified atom stereocenters. The highest BCUT2D eigenvalue weighted by Gasteiger charge is 2.31. The third kappa shape index (κ3) is 5.40. The number of rotatable bonds is 11. The molecule has 0 atom stereocenters. The molecule has 2 heterocycles. The zero-order valence-corrected chi connectivity index (χ0v) is 20.7. The Labute approximate surface area is 207 Å². The summed E-state index contributed by atoms with van der Waals surface area (Å²) in [6, 6.07) is 11.6. The molecule has 2 aliphatic rings. The zero-order valence-electron chi connectivity index (χ0n) is 19.1. The summed E-state index contributed by atoms with van der Waals surface area (Å²) in [7, 11) is 0. The lowest BCUT2D eigenvalue weighted by Crippen LogP contribution is -2.34. The molecule has 1 N–H and O–H groups in total. The number of benzene rings is 1. The minimum absolute atomic E-state index is 0.0735. The van der Waals surface area contributed by atoms with E-state index in [1.807, 2.05) is 41.1 Å². The molecule has 0 bridgehead atoms. The fourth-order valence-corrected chi connectivity index (χ4v) is 4.54. The normalized spacial score (nSPS) is 16.0. The smallest absolute Gasteiger partial charge is 0.335 e. The first-order valence-electron chi connectivity index (χ1n) is 11.4. The van der Waals surface area contributed by atoms with Crippen LogP contribution in [0.3, 0.4) is 0 Å². The van der Waals surface area contributed by atoms with Gasteiger partial charge in [-0.2, -0.15) is 5.10 Å². The lowest BCUT2D eigenvalue weighted by atomic mass is 10.1. The van der Waals surface area contributed by atoms with Crippen LogP contribution in [-0.4, -0.2) is 38.7 Å². The molecule has 5 rings (SSSR count). The predicted molar refractivity (Wildman–Crippen MR) is 130 cm³/mol. The van der Waals surface area contributed by atoms with Gasteiger partial charge < -0.3 is 19.3 Å². The van der Waals surface area contributed by atoms with E-state index in [9.17, 15) is 9.90 Å². The number of nitrogens with zero attached hydrogens (tertiary/aromatic N) is 2. The summed E-state index contributed by atoms with van der Waals surface area (Å²) in [6.07, 6.45) is 4.81. The van der Waals surface area contributed by atoms with E-state index in [-0.39, 0.29) is 18.8 Å². The first-order valence-corrected chi connectivity index (χ1v) is 12.6. The lowest BCUT2D eigenvalue weighted by molar-refractivity contribution is -0.162. The van der Waals surface area contributed by atoms with Crippen LogP contribution < -0.4 is 9.47 Å². The average molecular weight is 503 g/mol. The number of carbonyl (C=O) groups is 1. The summed E-state index contributed by atoms with van der Waals surface area (Å²) in [4.78, 5) is 12.4. The molecule has 3 aromatic rings. The molecule has 0 spiro atoms. The Balaban J connectivity index is 1.47. The Bertz CT molecular complexity index is 1160. The number of halogens is 1. The van der Waals surface area contributed by atoms with Crippen LogP contribution in [0.15, 0.2) is 36.4 Å².